The highest BCUT2D eigenvalue weighted by Crippen LogP contribution is 2.17. The summed E-state index contributed by atoms with van der Waals surface area (Å²) in [6.07, 6.45) is 0.659. The van der Waals surface area contributed by atoms with Crippen molar-refractivity contribution in [1.29, 1.82) is 0 Å². The highest BCUT2D eigenvalue weighted by molar-refractivity contribution is 5.85. The molecule has 116 valence electrons. The molecule has 4 heteroatoms. The standard InChI is InChI=1S/C17H25NO3/c1-10(2)6-15(17(20)21)18-16(19)9-14-12(4)7-11(3)8-13(14)5/h7-8,10,15H,6,9H2,1-5H3,(H,18,19)(H,20,21). The first kappa shape index (κ1) is 17.2. The zero-order valence-electron chi connectivity index (χ0n) is 13.5. The van der Waals surface area contributed by atoms with E-state index in [9.17, 15) is 9.59 Å². The Morgan fingerprint density at radius 1 is 1.14 bits per heavy atom. The second kappa shape index (κ2) is 7.25. The van der Waals surface area contributed by atoms with E-state index in [0.29, 0.717) is 6.42 Å². The maximum Gasteiger partial charge on any atom is 0.326 e. The normalized spacial score (nSPS) is 12.3. The van der Waals surface area contributed by atoms with Crippen LogP contribution in [0.15, 0.2) is 12.1 Å². The molecule has 21 heavy (non-hydrogen) atoms. The molecule has 0 fully saturated rings. The van der Waals surface area contributed by atoms with Crippen molar-refractivity contribution in [3.63, 3.8) is 0 Å². The SMILES string of the molecule is Cc1cc(C)c(CC(=O)NC(CC(C)C)C(=O)O)c(C)c1. The highest BCUT2D eigenvalue weighted by Gasteiger charge is 2.21. The van der Waals surface area contributed by atoms with Crippen LogP contribution in [0, 0.1) is 26.7 Å². The van der Waals surface area contributed by atoms with E-state index in [-0.39, 0.29) is 18.2 Å². The lowest BCUT2D eigenvalue weighted by atomic mass is 9.96. The number of carbonyl (C=O) groups is 2. The van der Waals surface area contributed by atoms with Crippen LogP contribution in [-0.4, -0.2) is 23.0 Å². The first-order chi connectivity index (χ1) is 9.70. The van der Waals surface area contributed by atoms with E-state index in [1.807, 2.05) is 46.8 Å². The molecule has 1 rings (SSSR count). The van der Waals surface area contributed by atoms with Crippen LogP contribution in [0.5, 0.6) is 0 Å². The second-order valence-electron chi connectivity index (χ2n) is 6.14. The van der Waals surface area contributed by atoms with Crippen LogP contribution in [0.25, 0.3) is 0 Å². The summed E-state index contributed by atoms with van der Waals surface area (Å²) < 4.78 is 0. The highest BCUT2D eigenvalue weighted by atomic mass is 16.4. The summed E-state index contributed by atoms with van der Waals surface area (Å²) in [6, 6.07) is 3.26. The lowest BCUT2D eigenvalue weighted by Gasteiger charge is -2.17. The van der Waals surface area contributed by atoms with E-state index in [1.165, 1.54) is 0 Å². The largest absolute Gasteiger partial charge is 0.480 e. The van der Waals surface area contributed by atoms with Gasteiger partial charge in [0.1, 0.15) is 6.04 Å². The molecule has 1 unspecified atom stereocenters. The van der Waals surface area contributed by atoms with Gasteiger partial charge in [0.25, 0.3) is 0 Å². The molecule has 0 aromatic heterocycles. The quantitative estimate of drug-likeness (QED) is 0.847. The van der Waals surface area contributed by atoms with Crippen molar-refractivity contribution in [1.82, 2.24) is 5.32 Å². The van der Waals surface area contributed by atoms with E-state index >= 15 is 0 Å². The van der Waals surface area contributed by atoms with Crippen molar-refractivity contribution in [2.75, 3.05) is 0 Å². The Hall–Kier alpha value is -1.84. The molecular formula is C17H25NO3. The van der Waals surface area contributed by atoms with E-state index in [4.69, 9.17) is 5.11 Å². The molecular weight excluding hydrogens is 266 g/mol. The van der Waals surface area contributed by atoms with Crippen molar-refractivity contribution in [2.24, 2.45) is 5.92 Å². The first-order valence-corrected chi connectivity index (χ1v) is 7.29. The summed E-state index contributed by atoms with van der Waals surface area (Å²) in [6.45, 7) is 9.86. The molecule has 0 saturated heterocycles. The van der Waals surface area contributed by atoms with Crippen molar-refractivity contribution in [2.45, 2.75) is 53.5 Å². The molecule has 1 atom stereocenters. The lowest BCUT2D eigenvalue weighted by Crippen LogP contribution is -2.42. The fourth-order valence-corrected chi connectivity index (χ4v) is 2.59. The minimum atomic E-state index is -0.977. The molecule has 0 spiro atoms. The van der Waals surface area contributed by atoms with Crippen LogP contribution in [0.1, 0.15) is 42.5 Å². The summed E-state index contributed by atoms with van der Waals surface area (Å²) in [5.74, 6) is -0.998. The van der Waals surface area contributed by atoms with Gasteiger partial charge in [0.05, 0.1) is 6.42 Å². The average molecular weight is 291 g/mol. The minimum absolute atomic E-state index is 0.217. The molecule has 0 aliphatic heterocycles. The van der Waals surface area contributed by atoms with Gasteiger partial charge in [0, 0.05) is 0 Å². The molecule has 2 N–H and O–H groups in total. The predicted octanol–water partition coefficient (Wildman–Crippen LogP) is 2.77. The van der Waals surface area contributed by atoms with Gasteiger partial charge in [-0.3, -0.25) is 4.79 Å². The number of nitrogens with one attached hydrogen (secondary N) is 1. The van der Waals surface area contributed by atoms with Gasteiger partial charge >= 0.3 is 5.97 Å². The summed E-state index contributed by atoms with van der Waals surface area (Å²) in [4.78, 5) is 23.3. The van der Waals surface area contributed by atoms with Crippen molar-refractivity contribution in [3.8, 4) is 0 Å². The molecule has 1 amide bonds. The third kappa shape index (κ3) is 5.21. The second-order valence-corrected chi connectivity index (χ2v) is 6.14. The van der Waals surface area contributed by atoms with E-state index in [0.717, 1.165) is 22.3 Å². The van der Waals surface area contributed by atoms with E-state index in [1.54, 1.807) is 0 Å². The van der Waals surface area contributed by atoms with Gasteiger partial charge in [-0.05, 0) is 49.8 Å². The zero-order chi connectivity index (χ0) is 16.2. The van der Waals surface area contributed by atoms with Crippen LogP contribution in [0.2, 0.25) is 0 Å². The maximum absolute atomic E-state index is 12.1. The number of aliphatic carboxylic acids is 1. The fourth-order valence-electron chi connectivity index (χ4n) is 2.59. The zero-order valence-corrected chi connectivity index (χ0v) is 13.5. The number of aryl methyl sites for hydroxylation is 3. The van der Waals surface area contributed by atoms with Crippen molar-refractivity contribution >= 4 is 11.9 Å². The van der Waals surface area contributed by atoms with E-state index in [2.05, 4.69) is 5.32 Å². The number of hydrogen-bond donors (Lipinski definition) is 2. The third-order valence-corrected chi connectivity index (χ3v) is 3.52. The first-order valence-electron chi connectivity index (χ1n) is 7.29. The topological polar surface area (TPSA) is 66.4 Å². The third-order valence-electron chi connectivity index (χ3n) is 3.52. The maximum atomic E-state index is 12.1. The van der Waals surface area contributed by atoms with Crippen LogP contribution < -0.4 is 5.32 Å². The van der Waals surface area contributed by atoms with Crippen LogP contribution in [0.4, 0.5) is 0 Å². The van der Waals surface area contributed by atoms with Crippen molar-refractivity contribution < 1.29 is 14.7 Å². The number of benzene rings is 1. The van der Waals surface area contributed by atoms with Crippen LogP contribution >= 0.6 is 0 Å². The van der Waals surface area contributed by atoms with Gasteiger partial charge in [-0.2, -0.15) is 0 Å². The molecule has 0 aliphatic rings. The Kier molecular flexibility index (Phi) is 5.94. The number of amides is 1. The van der Waals surface area contributed by atoms with Crippen LogP contribution in [0.3, 0.4) is 0 Å². The molecule has 0 saturated carbocycles. The summed E-state index contributed by atoms with van der Waals surface area (Å²) in [5.41, 5.74) is 4.28. The number of carboxylic acids is 1. The molecule has 0 bridgehead atoms. The monoisotopic (exact) mass is 291 g/mol. The Morgan fingerprint density at radius 3 is 2.10 bits per heavy atom. The van der Waals surface area contributed by atoms with Gasteiger partial charge in [-0.1, -0.05) is 31.5 Å². The van der Waals surface area contributed by atoms with Gasteiger partial charge in [-0.15, -0.1) is 0 Å². The van der Waals surface area contributed by atoms with Gasteiger partial charge in [0.15, 0.2) is 0 Å². The van der Waals surface area contributed by atoms with Gasteiger partial charge < -0.3 is 10.4 Å². The lowest BCUT2D eigenvalue weighted by molar-refractivity contribution is -0.142. The smallest absolute Gasteiger partial charge is 0.326 e. The predicted molar refractivity (Wildman–Crippen MR) is 83.4 cm³/mol. The fraction of sp³-hybridized carbons (Fsp3) is 0.529. The van der Waals surface area contributed by atoms with E-state index < -0.39 is 12.0 Å². The van der Waals surface area contributed by atoms with Gasteiger partial charge in [-0.25, -0.2) is 4.79 Å². The molecule has 0 radical (unpaired) electrons. The Morgan fingerprint density at radius 2 is 1.67 bits per heavy atom. The number of rotatable bonds is 6. The minimum Gasteiger partial charge on any atom is -0.480 e. The Labute approximate surface area is 126 Å². The molecule has 0 aliphatic carbocycles. The average Bonchev–Trinajstić information content (AvgIpc) is 2.32. The summed E-state index contributed by atoms with van der Waals surface area (Å²) in [5, 5.41) is 11.8. The van der Waals surface area contributed by atoms with Gasteiger partial charge in [0.2, 0.25) is 5.91 Å². The molecule has 0 heterocycles. The number of hydrogen-bond acceptors (Lipinski definition) is 2. The molecule has 1 aromatic rings. The molecule has 1 aromatic carbocycles. The number of carboxylic acid groups (broad SMARTS) is 1. The Balaban J connectivity index is 2.79. The summed E-state index contributed by atoms with van der Waals surface area (Å²) >= 11 is 0. The van der Waals surface area contributed by atoms with Crippen molar-refractivity contribution in [3.05, 3.63) is 34.4 Å². The Bertz CT molecular complexity index is 512. The summed E-state index contributed by atoms with van der Waals surface area (Å²) in [7, 11) is 0. The number of carbonyl (C=O) groups excluding carboxylic acids is 1. The van der Waals surface area contributed by atoms with Crippen LogP contribution in [-0.2, 0) is 16.0 Å². The molecule has 4 nitrogen and oxygen atoms in total.